The Morgan fingerprint density at radius 2 is 2.00 bits per heavy atom. The minimum atomic E-state index is -0.623. The fourth-order valence-electron chi connectivity index (χ4n) is 4.02. The predicted molar refractivity (Wildman–Crippen MR) is 79.5 cm³/mol. The first-order chi connectivity index (χ1) is 9.58. The van der Waals surface area contributed by atoms with E-state index in [0.29, 0.717) is 11.6 Å². The van der Waals surface area contributed by atoms with Crippen LogP contribution in [0.4, 0.5) is 10.1 Å². The van der Waals surface area contributed by atoms with Gasteiger partial charge in [-0.15, -0.1) is 0 Å². The SMILES string of the molecule is Cc1cc(N2CCCC3CCCC32)c([C@H](C)O)cc1F. The van der Waals surface area contributed by atoms with E-state index >= 15 is 0 Å². The molecule has 0 radical (unpaired) electrons. The molecule has 2 nitrogen and oxygen atoms in total. The van der Waals surface area contributed by atoms with Crippen LogP contribution in [-0.2, 0) is 0 Å². The van der Waals surface area contributed by atoms with Gasteiger partial charge in [-0.05, 0) is 63.1 Å². The number of anilines is 1. The summed E-state index contributed by atoms with van der Waals surface area (Å²) >= 11 is 0. The molecule has 1 heterocycles. The summed E-state index contributed by atoms with van der Waals surface area (Å²) in [5.74, 6) is 0.570. The summed E-state index contributed by atoms with van der Waals surface area (Å²) in [6.07, 6.45) is 5.77. The summed E-state index contributed by atoms with van der Waals surface area (Å²) in [4.78, 5) is 2.44. The van der Waals surface area contributed by atoms with Crippen LogP contribution >= 0.6 is 0 Å². The Morgan fingerprint density at radius 3 is 2.75 bits per heavy atom. The molecule has 2 aliphatic rings. The summed E-state index contributed by atoms with van der Waals surface area (Å²) in [5.41, 5.74) is 2.46. The number of halogens is 1. The van der Waals surface area contributed by atoms with E-state index < -0.39 is 6.10 Å². The van der Waals surface area contributed by atoms with Crippen LogP contribution in [0.25, 0.3) is 0 Å². The number of aryl methyl sites for hydroxylation is 1. The van der Waals surface area contributed by atoms with Gasteiger partial charge in [0, 0.05) is 23.8 Å². The van der Waals surface area contributed by atoms with Crippen LogP contribution in [0.5, 0.6) is 0 Å². The Bertz CT molecular complexity index is 500. The van der Waals surface area contributed by atoms with Crippen molar-refractivity contribution in [2.24, 2.45) is 5.92 Å². The second-order valence-electron chi connectivity index (χ2n) is 6.43. The molecule has 20 heavy (non-hydrogen) atoms. The van der Waals surface area contributed by atoms with E-state index in [1.54, 1.807) is 13.8 Å². The predicted octanol–water partition coefficient (Wildman–Crippen LogP) is 3.96. The van der Waals surface area contributed by atoms with Gasteiger partial charge in [-0.1, -0.05) is 6.42 Å². The first-order valence-electron chi connectivity index (χ1n) is 7.82. The Morgan fingerprint density at radius 1 is 1.25 bits per heavy atom. The van der Waals surface area contributed by atoms with E-state index in [1.807, 2.05) is 6.07 Å². The largest absolute Gasteiger partial charge is 0.389 e. The van der Waals surface area contributed by atoms with Crippen LogP contribution in [0.1, 0.15) is 56.3 Å². The van der Waals surface area contributed by atoms with E-state index in [4.69, 9.17) is 0 Å². The van der Waals surface area contributed by atoms with Gasteiger partial charge in [-0.2, -0.15) is 0 Å². The minimum Gasteiger partial charge on any atom is -0.389 e. The van der Waals surface area contributed by atoms with Gasteiger partial charge in [0.25, 0.3) is 0 Å². The van der Waals surface area contributed by atoms with Crippen LogP contribution in [0.3, 0.4) is 0 Å². The molecule has 2 fully saturated rings. The van der Waals surface area contributed by atoms with Crippen molar-refractivity contribution in [1.29, 1.82) is 0 Å². The van der Waals surface area contributed by atoms with Gasteiger partial charge in [-0.25, -0.2) is 4.39 Å². The summed E-state index contributed by atoms with van der Waals surface area (Å²) in [7, 11) is 0. The zero-order chi connectivity index (χ0) is 14.3. The Labute approximate surface area is 120 Å². The molecule has 1 N–H and O–H groups in total. The number of aliphatic hydroxyl groups is 1. The number of aliphatic hydroxyl groups excluding tert-OH is 1. The zero-order valence-corrected chi connectivity index (χ0v) is 12.4. The third-order valence-electron chi connectivity index (χ3n) is 5.06. The number of hydrogen-bond acceptors (Lipinski definition) is 2. The molecule has 1 saturated heterocycles. The number of benzene rings is 1. The molecule has 1 aromatic rings. The zero-order valence-electron chi connectivity index (χ0n) is 12.4. The summed E-state index contributed by atoms with van der Waals surface area (Å²) in [6, 6.07) is 4.04. The first kappa shape index (κ1) is 13.9. The molecule has 2 unspecified atom stereocenters. The van der Waals surface area contributed by atoms with Crippen LogP contribution in [-0.4, -0.2) is 17.7 Å². The quantitative estimate of drug-likeness (QED) is 0.884. The summed E-state index contributed by atoms with van der Waals surface area (Å²) in [5, 5.41) is 10.00. The lowest BCUT2D eigenvalue weighted by Gasteiger charge is -2.41. The van der Waals surface area contributed by atoms with Crippen LogP contribution in [0, 0.1) is 18.7 Å². The normalized spacial score (nSPS) is 27.5. The summed E-state index contributed by atoms with van der Waals surface area (Å²) < 4.78 is 13.8. The van der Waals surface area contributed by atoms with Crippen molar-refractivity contribution in [3.63, 3.8) is 0 Å². The molecule has 1 aliphatic heterocycles. The van der Waals surface area contributed by atoms with Crippen LogP contribution < -0.4 is 4.90 Å². The second kappa shape index (κ2) is 5.36. The highest BCUT2D eigenvalue weighted by Gasteiger charge is 2.36. The van der Waals surface area contributed by atoms with Crippen molar-refractivity contribution in [2.75, 3.05) is 11.4 Å². The van der Waals surface area contributed by atoms with Gasteiger partial charge in [0.2, 0.25) is 0 Å². The molecule has 3 atom stereocenters. The van der Waals surface area contributed by atoms with E-state index in [1.165, 1.54) is 38.2 Å². The number of nitrogens with zero attached hydrogens (tertiary/aromatic N) is 1. The highest BCUT2D eigenvalue weighted by Crippen LogP contribution is 2.41. The number of rotatable bonds is 2. The first-order valence-corrected chi connectivity index (χ1v) is 7.82. The Hall–Kier alpha value is -1.09. The third kappa shape index (κ3) is 2.32. The number of hydrogen-bond donors (Lipinski definition) is 1. The van der Waals surface area contributed by atoms with E-state index in [2.05, 4.69) is 4.90 Å². The maximum atomic E-state index is 13.8. The molecule has 3 heteroatoms. The number of fused-ring (bicyclic) bond motifs is 1. The highest BCUT2D eigenvalue weighted by molar-refractivity contribution is 5.58. The van der Waals surface area contributed by atoms with Crippen molar-refractivity contribution in [3.8, 4) is 0 Å². The Balaban J connectivity index is 2.01. The standard InChI is InChI=1S/C17H24FNO/c1-11-9-17(14(12(2)20)10-15(11)18)19-8-4-6-13-5-3-7-16(13)19/h9-10,12-13,16,20H,3-8H2,1-2H3/t12-,13?,16?/m0/s1. The average molecular weight is 277 g/mol. The fraction of sp³-hybridized carbons (Fsp3) is 0.647. The molecule has 1 saturated carbocycles. The topological polar surface area (TPSA) is 23.5 Å². The fourth-order valence-corrected chi connectivity index (χ4v) is 4.02. The maximum Gasteiger partial charge on any atom is 0.126 e. The van der Waals surface area contributed by atoms with E-state index in [0.717, 1.165) is 23.7 Å². The van der Waals surface area contributed by atoms with E-state index in [9.17, 15) is 9.50 Å². The molecule has 0 aromatic heterocycles. The van der Waals surface area contributed by atoms with Gasteiger partial charge < -0.3 is 10.0 Å². The maximum absolute atomic E-state index is 13.8. The molecule has 0 bridgehead atoms. The molecule has 0 amide bonds. The van der Waals surface area contributed by atoms with Crippen molar-refractivity contribution in [1.82, 2.24) is 0 Å². The van der Waals surface area contributed by atoms with Crippen molar-refractivity contribution in [3.05, 3.63) is 29.1 Å². The van der Waals surface area contributed by atoms with Crippen LogP contribution in [0.15, 0.2) is 12.1 Å². The lowest BCUT2D eigenvalue weighted by atomic mass is 9.90. The lowest BCUT2D eigenvalue weighted by molar-refractivity contribution is 0.198. The third-order valence-corrected chi connectivity index (χ3v) is 5.06. The lowest BCUT2D eigenvalue weighted by Crippen LogP contribution is -2.43. The monoisotopic (exact) mass is 277 g/mol. The van der Waals surface area contributed by atoms with Gasteiger partial charge in [0.15, 0.2) is 0 Å². The molecular formula is C17H24FNO. The Kier molecular flexibility index (Phi) is 3.72. The van der Waals surface area contributed by atoms with Crippen molar-refractivity contribution < 1.29 is 9.50 Å². The minimum absolute atomic E-state index is 0.218. The molecule has 0 spiro atoms. The molecule has 3 rings (SSSR count). The average Bonchev–Trinajstić information content (AvgIpc) is 2.89. The smallest absolute Gasteiger partial charge is 0.126 e. The molecule has 1 aromatic carbocycles. The number of piperidine rings is 1. The van der Waals surface area contributed by atoms with Crippen molar-refractivity contribution in [2.45, 2.75) is 58.1 Å². The summed E-state index contributed by atoms with van der Waals surface area (Å²) in [6.45, 7) is 4.57. The van der Waals surface area contributed by atoms with Crippen LogP contribution in [0.2, 0.25) is 0 Å². The molecular weight excluding hydrogens is 253 g/mol. The van der Waals surface area contributed by atoms with Gasteiger partial charge in [-0.3, -0.25) is 0 Å². The van der Waals surface area contributed by atoms with E-state index in [-0.39, 0.29) is 5.82 Å². The van der Waals surface area contributed by atoms with Crippen molar-refractivity contribution >= 4 is 5.69 Å². The van der Waals surface area contributed by atoms with Gasteiger partial charge >= 0.3 is 0 Å². The van der Waals surface area contributed by atoms with Gasteiger partial charge in [0.05, 0.1) is 6.10 Å². The second-order valence-corrected chi connectivity index (χ2v) is 6.43. The molecule has 1 aliphatic carbocycles. The van der Waals surface area contributed by atoms with Gasteiger partial charge in [0.1, 0.15) is 5.82 Å². The highest BCUT2D eigenvalue weighted by atomic mass is 19.1. The molecule has 110 valence electrons.